The second-order valence-corrected chi connectivity index (χ2v) is 10.7. The molecule has 0 amide bonds. The lowest BCUT2D eigenvalue weighted by molar-refractivity contribution is 0.0892. The van der Waals surface area contributed by atoms with E-state index in [2.05, 4.69) is 24.6 Å². The van der Waals surface area contributed by atoms with E-state index in [0.29, 0.717) is 12.4 Å². The molecule has 0 saturated carbocycles. The van der Waals surface area contributed by atoms with Crippen LogP contribution in [-0.2, 0) is 11.5 Å². The third-order valence-electron chi connectivity index (χ3n) is 2.32. The van der Waals surface area contributed by atoms with Gasteiger partial charge in [0.15, 0.2) is 13.5 Å². The van der Waals surface area contributed by atoms with Crippen molar-refractivity contribution in [3.63, 3.8) is 0 Å². The summed E-state index contributed by atoms with van der Waals surface area (Å²) in [5.41, 5.74) is 1.27. The van der Waals surface area contributed by atoms with Crippen molar-refractivity contribution in [3.05, 3.63) is 11.9 Å². The summed E-state index contributed by atoms with van der Waals surface area (Å²) >= 11 is 0. The molecule has 0 atom stereocenters. The van der Waals surface area contributed by atoms with E-state index in [9.17, 15) is 0 Å². The van der Waals surface area contributed by atoms with Crippen LogP contribution in [0.5, 0.6) is 0 Å². The second-order valence-electron chi connectivity index (χ2n) is 5.10. The zero-order valence-corrected chi connectivity index (χ0v) is 11.4. The number of nitrogens with zero attached hydrogens (tertiary/aromatic N) is 3. The van der Waals surface area contributed by atoms with Gasteiger partial charge in [-0.2, -0.15) is 5.26 Å². The molecule has 0 aliphatic carbocycles. The Morgan fingerprint density at radius 3 is 2.75 bits per heavy atom. The van der Waals surface area contributed by atoms with E-state index in [4.69, 9.17) is 10.00 Å². The lowest BCUT2D eigenvalue weighted by Crippen LogP contribution is -2.24. The third kappa shape index (κ3) is 4.21. The van der Waals surface area contributed by atoms with Crippen molar-refractivity contribution in [1.29, 1.82) is 5.26 Å². The van der Waals surface area contributed by atoms with E-state index in [0.717, 1.165) is 18.4 Å². The number of hydrogen-bond donors (Lipinski definition) is 0. The first-order chi connectivity index (χ1) is 7.42. The molecule has 0 bridgehead atoms. The Balaban J connectivity index is 2.38. The van der Waals surface area contributed by atoms with Crippen molar-refractivity contribution in [2.24, 2.45) is 0 Å². The van der Waals surface area contributed by atoms with E-state index >= 15 is 0 Å². The van der Waals surface area contributed by atoms with E-state index in [-0.39, 0.29) is 0 Å². The van der Waals surface area contributed by atoms with Crippen LogP contribution in [-0.4, -0.2) is 32.1 Å². The van der Waals surface area contributed by atoms with Crippen LogP contribution in [0.4, 0.5) is 0 Å². The molecular formula is C10H18BN3OSi. The molecule has 0 aliphatic heterocycles. The maximum atomic E-state index is 8.69. The highest BCUT2D eigenvalue weighted by molar-refractivity contribution is 6.76. The summed E-state index contributed by atoms with van der Waals surface area (Å²) < 4.78 is 7.45. The number of nitriles is 1. The van der Waals surface area contributed by atoms with E-state index in [1.165, 1.54) is 0 Å². The van der Waals surface area contributed by atoms with Gasteiger partial charge in [-0.15, -0.1) is 0 Å². The average Bonchev–Trinajstić information content (AvgIpc) is 2.53. The molecule has 0 saturated heterocycles. The second kappa shape index (κ2) is 5.32. The molecule has 0 fully saturated rings. The van der Waals surface area contributed by atoms with Crippen LogP contribution in [0.2, 0.25) is 25.7 Å². The van der Waals surface area contributed by atoms with Crippen molar-refractivity contribution >= 4 is 21.6 Å². The highest BCUT2D eigenvalue weighted by Crippen LogP contribution is 2.07. The molecule has 1 aromatic rings. The number of rotatable bonds is 5. The lowest BCUT2D eigenvalue weighted by Gasteiger charge is -2.15. The standard InChI is InChI=1S/C10H18BN3OSi/c1-16(2,3)5-4-15-8-14-7-9(6-12)13-10(14)11/h7H,4-5,8,11H2,1-3H3. The van der Waals surface area contributed by atoms with Gasteiger partial charge < -0.3 is 9.30 Å². The van der Waals surface area contributed by atoms with Crippen LogP contribution in [0, 0.1) is 11.3 Å². The van der Waals surface area contributed by atoms with Crippen LogP contribution in [0.3, 0.4) is 0 Å². The fourth-order valence-corrected chi connectivity index (χ4v) is 1.99. The summed E-state index contributed by atoms with van der Waals surface area (Å²) in [5.74, 6) is 0. The molecule has 0 aliphatic rings. The Labute approximate surface area is 98.7 Å². The summed E-state index contributed by atoms with van der Waals surface area (Å²) in [4.78, 5) is 4.09. The smallest absolute Gasteiger partial charge is 0.186 e. The minimum atomic E-state index is -1.01. The molecule has 0 unspecified atom stereocenters. The molecule has 1 aromatic heterocycles. The van der Waals surface area contributed by atoms with Gasteiger partial charge in [0.05, 0.1) is 5.72 Å². The molecule has 16 heavy (non-hydrogen) atoms. The molecular weight excluding hydrogens is 217 g/mol. The molecule has 0 spiro atoms. The van der Waals surface area contributed by atoms with Crippen molar-refractivity contribution in [2.75, 3.05) is 6.61 Å². The minimum Gasteiger partial charge on any atom is -0.361 e. The van der Waals surface area contributed by atoms with Gasteiger partial charge in [-0.1, -0.05) is 19.6 Å². The van der Waals surface area contributed by atoms with Crippen LogP contribution in [0.15, 0.2) is 6.20 Å². The molecule has 0 N–H and O–H groups in total. The van der Waals surface area contributed by atoms with Crippen molar-refractivity contribution in [1.82, 2.24) is 9.55 Å². The number of imidazole rings is 1. The lowest BCUT2D eigenvalue weighted by atomic mass is 10.1. The van der Waals surface area contributed by atoms with Crippen LogP contribution >= 0.6 is 0 Å². The molecule has 6 heteroatoms. The van der Waals surface area contributed by atoms with Gasteiger partial charge >= 0.3 is 0 Å². The van der Waals surface area contributed by atoms with Crippen LogP contribution in [0.25, 0.3) is 0 Å². The first kappa shape index (κ1) is 13.0. The fourth-order valence-electron chi connectivity index (χ4n) is 1.23. The van der Waals surface area contributed by atoms with E-state index in [1.807, 2.05) is 18.5 Å². The zero-order chi connectivity index (χ0) is 12.2. The molecule has 4 nitrogen and oxygen atoms in total. The highest BCUT2D eigenvalue weighted by atomic mass is 28.3. The SMILES string of the molecule is Bc1nc(C#N)cn1COCC[Si](C)(C)C. The molecule has 86 valence electrons. The normalized spacial score (nSPS) is 11.4. The number of hydrogen-bond acceptors (Lipinski definition) is 3. The number of ether oxygens (including phenoxy) is 1. The molecule has 0 aromatic carbocycles. The largest absolute Gasteiger partial charge is 0.361 e. The Morgan fingerprint density at radius 1 is 1.56 bits per heavy atom. The van der Waals surface area contributed by atoms with Gasteiger partial charge in [0.25, 0.3) is 0 Å². The van der Waals surface area contributed by atoms with E-state index in [1.54, 1.807) is 6.20 Å². The van der Waals surface area contributed by atoms with Gasteiger partial charge in [-0.05, 0) is 6.04 Å². The summed E-state index contributed by atoms with van der Waals surface area (Å²) in [6.45, 7) is 8.26. The van der Waals surface area contributed by atoms with E-state index < -0.39 is 8.07 Å². The summed E-state index contributed by atoms with van der Waals surface area (Å²) in [6, 6.07) is 3.18. The van der Waals surface area contributed by atoms with Crippen molar-refractivity contribution in [3.8, 4) is 6.07 Å². The first-order valence-corrected chi connectivity index (χ1v) is 9.15. The first-order valence-electron chi connectivity index (χ1n) is 5.44. The predicted octanol–water partition coefficient (Wildman–Crippen LogP) is 0.325. The maximum Gasteiger partial charge on any atom is 0.186 e. The van der Waals surface area contributed by atoms with Crippen LogP contribution < -0.4 is 5.72 Å². The van der Waals surface area contributed by atoms with Gasteiger partial charge in [0, 0.05) is 20.9 Å². The summed E-state index contributed by atoms with van der Waals surface area (Å²) in [5, 5.41) is 8.69. The van der Waals surface area contributed by atoms with Gasteiger partial charge in [0.1, 0.15) is 12.8 Å². The predicted molar refractivity (Wildman–Crippen MR) is 69.2 cm³/mol. The van der Waals surface area contributed by atoms with Crippen molar-refractivity contribution in [2.45, 2.75) is 32.4 Å². The zero-order valence-electron chi connectivity index (χ0n) is 10.4. The topological polar surface area (TPSA) is 50.8 Å². The van der Waals surface area contributed by atoms with Gasteiger partial charge in [-0.25, -0.2) is 4.98 Å². The van der Waals surface area contributed by atoms with Crippen molar-refractivity contribution < 1.29 is 4.74 Å². The molecule has 1 rings (SSSR count). The Bertz CT molecular complexity index is 392. The summed E-state index contributed by atoms with van der Waals surface area (Å²) in [6.07, 6.45) is 1.73. The van der Waals surface area contributed by atoms with Crippen LogP contribution in [0.1, 0.15) is 5.69 Å². The number of aromatic nitrogens is 2. The Morgan fingerprint density at radius 2 is 2.25 bits per heavy atom. The van der Waals surface area contributed by atoms with Gasteiger partial charge in [-0.3, -0.25) is 0 Å². The monoisotopic (exact) mass is 235 g/mol. The molecule has 1 heterocycles. The molecule has 0 radical (unpaired) electrons. The third-order valence-corrected chi connectivity index (χ3v) is 4.02. The highest BCUT2D eigenvalue weighted by Gasteiger charge is 2.12. The Kier molecular flexibility index (Phi) is 4.33. The quantitative estimate of drug-likeness (QED) is 0.545. The minimum absolute atomic E-state index is 0.450. The average molecular weight is 235 g/mol. The fraction of sp³-hybridized carbons (Fsp3) is 0.600. The van der Waals surface area contributed by atoms with Gasteiger partial charge in [0.2, 0.25) is 0 Å². The maximum absolute atomic E-state index is 8.69. The Hall–Kier alpha value is -1.06. The summed E-state index contributed by atoms with van der Waals surface area (Å²) in [7, 11) is 0.865.